The lowest BCUT2D eigenvalue weighted by atomic mass is 10.2. The van der Waals surface area contributed by atoms with E-state index in [2.05, 4.69) is 5.10 Å². The molecule has 1 aliphatic carbocycles. The summed E-state index contributed by atoms with van der Waals surface area (Å²) < 4.78 is 7.01. The van der Waals surface area contributed by atoms with Gasteiger partial charge in [0.25, 0.3) is 5.91 Å². The van der Waals surface area contributed by atoms with Gasteiger partial charge in [-0.3, -0.25) is 4.79 Å². The number of aromatic nitrogens is 2. The number of hydrogen-bond donors (Lipinski definition) is 1. The van der Waals surface area contributed by atoms with E-state index in [4.69, 9.17) is 4.74 Å². The highest BCUT2D eigenvalue weighted by Gasteiger charge is 2.31. The van der Waals surface area contributed by atoms with E-state index in [1.54, 1.807) is 31.1 Å². The molecule has 1 unspecified atom stereocenters. The van der Waals surface area contributed by atoms with Crippen LogP contribution in [-0.4, -0.2) is 52.5 Å². The third-order valence-corrected chi connectivity index (χ3v) is 4.36. The average Bonchev–Trinajstić information content (AvgIpc) is 3.31. The normalized spacial score (nSPS) is 15.2. The molecule has 1 amide bonds. The minimum absolute atomic E-state index is 0.194. The minimum atomic E-state index is -0.446. The molecule has 0 spiro atoms. The standard InChI is InChI=1S/C18H23N3O3/c1-12-4-7-17(24-3)15(10-12)21-9-8-14(19-21)18(23)20(2)11-16(22)13-5-6-13/h4,7-10,13,16,22H,5-6,11H2,1-3H3. The maximum atomic E-state index is 12.5. The van der Waals surface area contributed by atoms with Crippen molar-refractivity contribution in [2.24, 2.45) is 5.92 Å². The average molecular weight is 329 g/mol. The SMILES string of the molecule is COc1ccc(C)cc1-n1ccc(C(=O)N(C)CC(O)C2CC2)n1. The number of carbonyl (C=O) groups is 1. The Hall–Kier alpha value is -2.34. The quantitative estimate of drug-likeness (QED) is 0.880. The van der Waals surface area contributed by atoms with Crippen molar-refractivity contribution < 1.29 is 14.6 Å². The summed E-state index contributed by atoms with van der Waals surface area (Å²) in [6.07, 6.45) is 3.39. The van der Waals surface area contributed by atoms with Crippen LogP contribution in [-0.2, 0) is 0 Å². The maximum Gasteiger partial charge on any atom is 0.274 e. The molecular weight excluding hydrogens is 306 g/mol. The van der Waals surface area contributed by atoms with Crippen LogP contribution in [0.4, 0.5) is 0 Å². The number of ether oxygens (including phenoxy) is 1. The number of aliphatic hydroxyl groups excluding tert-OH is 1. The molecule has 1 heterocycles. The summed E-state index contributed by atoms with van der Waals surface area (Å²) in [6.45, 7) is 2.33. The van der Waals surface area contributed by atoms with Crippen molar-refractivity contribution in [3.05, 3.63) is 41.7 Å². The highest BCUT2D eigenvalue weighted by molar-refractivity contribution is 5.92. The zero-order valence-electron chi connectivity index (χ0n) is 14.3. The molecule has 1 N–H and O–H groups in total. The molecule has 1 aliphatic rings. The fourth-order valence-corrected chi connectivity index (χ4v) is 2.74. The molecule has 1 aromatic carbocycles. The molecule has 128 valence electrons. The van der Waals surface area contributed by atoms with E-state index in [1.165, 1.54) is 4.90 Å². The third kappa shape index (κ3) is 3.43. The van der Waals surface area contributed by atoms with Gasteiger partial charge in [-0.15, -0.1) is 0 Å². The highest BCUT2D eigenvalue weighted by Crippen LogP contribution is 2.32. The van der Waals surface area contributed by atoms with Crippen LogP contribution >= 0.6 is 0 Å². The van der Waals surface area contributed by atoms with Gasteiger partial charge in [-0.2, -0.15) is 5.10 Å². The Kier molecular flexibility index (Phi) is 4.57. The van der Waals surface area contributed by atoms with Crippen LogP contribution in [0.3, 0.4) is 0 Å². The second kappa shape index (κ2) is 6.65. The van der Waals surface area contributed by atoms with Crippen molar-refractivity contribution >= 4 is 5.91 Å². The molecule has 0 bridgehead atoms. The number of benzene rings is 1. The zero-order valence-corrected chi connectivity index (χ0v) is 14.3. The van der Waals surface area contributed by atoms with Crippen LogP contribution in [0.5, 0.6) is 5.75 Å². The Morgan fingerprint density at radius 1 is 1.46 bits per heavy atom. The number of aryl methyl sites for hydroxylation is 1. The van der Waals surface area contributed by atoms with Gasteiger partial charge < -0.3 is 14.7 Å². The Labute approximate surface area is 141 Å². The molecule has 1 aromatic heterocycles. The second-order valence-electron chi connectivity index (χ2n) is 6.41. The lowest BCUT2D eigenvalue weighted by Crippen LogP contribution is -2.35. The zero-order chi connectivity index (χ0) is 17.3. The van der Waals surface area contributed by atoms with Gasteiger partial charge in [0.1, 0.15) is 11.4 Å². The number of carbonyl (C=O) groups excluding carboxylic acids is 1. The van der Waals surface area contributed by atoms with Crippen LogP contribution in [0.2, 0.25) is 0 Å². The predicted molar refractivity (Wildman–Crippen MR) is 90.5 cm³/mol. The highest BCUT2D eigenvalue weighted by atomic mass is 16.5. The number of aliphatic hydroxyl groups is 1. The van der Waals surface area contributed by atoms with Crippen LogP contribution in [0.25, 0.3) is 5.69 Å². The summed E-state index contributed by atoms with van der Waals surface area (Å²) in [5, 5.41) is 14.4. The number of rotatable bonds is 6. The summed E-state index contributed by atoms with van der Waals surface area (Å²) in [6, 6.07) is 7.49. The van der Waals surface area contributed by atoms with Gasteiger partial charge in [0.05, 0.1) is 13.2 Å². The van der Waals surface area contributed by atoms with Gasteiger partial charge in [0.15, 0.2) is 5.69 Å². The van der Waals surface area contributed by atoms with Crippen molar-refractivity contribution in [2.45, 2.75) is 25.9 Å². The van der Waals surface area contributed by atoms with Crippen molar-refractivity contribution in [2.75, 3.05) is 20.7 Å². The fourth-order valence-electron chi connectivity index (χ4n) is 2.74. The van der Waals surface area contributed by atoms with Crippen LogP contribution in [0, 0.1) is 12.8 Å². The first-order chi connectivity index (χ1) is 11.5. The number of amides is 1. The van der Waals surface area contributed by atoms with Gasteiger partial charge in [-0.05, 0) is 49.4 Å². The number of nitrogens with zero attached hydrogens (tertiary/aromatic N) is 3. The predicted octanol–water partition coefficient (Wildman–Crippen LogP) is 2.03. The second-order valence-corrected chi connectivity index (χ2v) is 6.41. The van der Waals surface area contributed by atoms with E-state index in [-0.39, 0.29) is 5.91 Å². The summed E-state index contributed by atoms with van der Waals surface area (Å²) >= 11 is 0. The summed E-state index contributed by atoms with van der Waals surface area (Å²) in [5.41, 5.74) is 2.22. The first kappa shape index (κ1) is 16.5. The lowest BCUT2D eigenvalue weighted by molar-refractivity contribution is 0.0640. The van der Waals surface area contributed by atoms with Crippen molar-refractivity contribution in [3.63, 3.8) is 0 Å². The molecule has 0 aliphatic heterocycles. The van der Waals surface area contributed by atoms with Crippen molar-refractivity contribution in [1.29, 1.82) is 0 Å². The van der Waals surface area contributed by atoms with Crippen molar-refractivity contribution in [3.8, 4) is 11.4 Å². The topological polar surface area (TPSA) is 67.6 Å². The molecule has 0 radical (unpaired) electrons. The monoisotopic (exact) mass is 329 g/mol. The summed E-state index contributed by atoms with van der Waals surface area (Å²) in [7, 11) is 3.30. The molecule has 6 heteroatoms. The number of likely N-dealkylation sites (N-methyl/N-ethyl adjacent to an activating group) is 1. The maximum absolute atomic E-state index is 12.5. The van der Waals surface area contributed by atoms with E-state index in [0.29, 0.717) is 23.9 Å². The van der Waals surface area contributed by atoms with E-state index in [9.17, 15) is 9.90 Å². The molecular formula is C18H23N3O3. The van der Waals surface area contributed by atoms with E-state index >= 15 is 0 Å². The van der Waals surface area contributed by atoms with Gasteiger partial charge in [0, 0.05) is 19.8 Å². The van der Waals surface area contributed by atoms with E-state index in [1.807, 2.05) is 25.1 Å². The third-order valence-electron chi connectivity index (χ3n) is 4.36. The Morgan fingerprint density at radius 3 is 2.88 bits per heavy atom. The largest absolute Gasteiger partial charge is 0.494 e. The first-order valence-corrected chi connectivity index (χ1v) is 8.14. The molecule has 2 aromatic rings. The van der Waals surface area contributed by atoms with Gasteiger partial charge in [-0.25, -0.2) is 4.68 Å². The van der Waals surface area contributed by atoms with Gasteiger partial charge in [-0.1, -0.05) is 6.07 Å². The molecule has 6 nitrogen and oxygen atoms in total. The molecule has 1 atom stereocenters. The molecule has 0 saturated heterocycles. The molecule has 24 heavy (non-hydrogen) atoms. The summed E-state index contributed by atoms with van der Waals surface area (Å²) in [5.74, 6) is 0.842. The van der Waals surface area contributed by atoms with Gasteiger partial charge in [0.2, 0.25) is 0 Å². The smallest absolute Gasteiger partial charge is 0.274 e. The number of methoxy groups -OCH3 is 1. The van der Waals surface area contributed by atoms with E-state index < -0.39 is 6.10 Å². The van der Waals surface area contributed by atoms with Crippen molar-refractivity contribution in [1.82, 2.24) is 14.7 Å². The number of hydrogen-bond acceptors (Lipinski definition) is 4. The Morgan fingerprint density at radius 2 is 2.21 bits per heavy atom. The molecule has 1 saturated carbocycles. The van der Waals surface area contributed by atoms with Crippen LogP contribution in [0.15, 0.2) is 30.5 Å². The first-order valence-electron chi connectivity index (χ1n) is 8.14. The fraction of sp³-hybridized carbons (Fsp3) is 0.444. The lowest BCUT2D eigenvalue weighted by Gasteiger charge is -2.19. The molecule has 1 fully saturated rings. The minimum Gasteiger partial charge on any atom is -0.494 e. The van der Waals surface area contributed by atoms with Crippen LogP contribution in [0.1, 0.15) is 28.9 Å². The Bertz CT molecular complexity index is 737. The Balaban J connectivity index is 1.77. The summed E-state index contributed by atoms with van der Waals surface area (Å²) in [4.78, 5) is 14.0. The van der Waals surface area contributed by atoms with Crippen LogP contribution < -0.4 is 4.74 Å². The molecule has 3 rings (SSSR count). The van der Waals surface area contributed by atoms with E-state index in [0.717, 1.165) is 24.1 Å². The van der Waals surface area contributed by atoms with Gasteiger partial charge >= 0.3 is 0 Å².